The van der Waals surface area contributed by atoms with E-state index in [1.807, 2.05) is 12.1 Å². The zero-order valence-electron chi connectivity index (χ0n) is 6.12. The Hall–Kier alpha value is -1.03. The molecule has 0 N–H and O–H groups in total. The molecule has 0 saturated heterocycles. The maximum Gasteiger partial charge on any atom is 0.295 e. The number of carbonyl (C=O) groups is 1. The summed E-state index contributed by atoms with van der Waals surface area (Å²) in [6.07, 6.45) is 0. The van der Waals surface area contributed by atoms with Gasteiger partial charge in [-0.3, -0.25) is 4.79 Å². The van der Waals surface area contributed by atoms with E-state index in [1.54, 1.807) is 6.07 Å². The molecule has 2 rings (SSSR count). The first-order chi connectivity index (χ1) is 5.77. The average Bonchev–Trinajstić information content (AvgIpc) is 2.07. The van der Waals surface area contributed by atoms with Crippen molar-refractivity contribution in [2.75, 3.05) is 0 Å². The SMILES string of the molecule is O=C1N=NCc2ccc(Br)cc21. The second kappa shape index (κ2) is 2.79. The van der Waals surface area contributed by atoms with Crippen LogP contribution in [0.2, 0.25) is 0 Å². The number of benzene rings is 1. The quantitative estimate of drug-likeness (QED) is 0.668. The molecule has 0 aromatic heterocycles. The number of carbonyl (C=O) groups excluding carboxylic acids is 1. The lowest BCUT2D eigenvalue weighted by molar-refractivity contribution is 0.0988. The second-order valence-corrected chi connectivity index (χ2v) is 3.42. The van der Waals surface area contributed by atoms with Crippen LogP contribution in [-0.2, 0) is 6.54 Å². The van der Waals surface area contributed by atoms with Gasteiger partial charge in [-0.25, -0.2) is 0 Å². The lowest BCUT2D eigenvalue weighted by Crippen LogP contribution is -2.04. The molecule has 0 saturated carbocycles. The number of halogens is 1. The summed E-state index contributed by atoms with van der Waals surface area (Å²) in [7, 11) is 0. The van der Waals surface area contributed by atoms with Crippen LogP contribution in [0, 0.1) is 0 Å². The first-order valence-corrected chi connectivity index (χ1v) is 4.27. The molecular weight excluding hydrogens is 220 g/mol. The average molecular weight is 225 g/mol. The second-order valence-electron chi connectivity index (χ2n) is 2.51. The van der Waals surface area contributed by atoms with Crippen molar-refractivity contribution in [1.82, 2.24) is 0 Å². The van der Waals surface area contributed by atoms with Crippen molar-refractivity contribution in [1.29, 1.82) is 0 Å². The number of rotatable bonds is 0. The fraction of sp³-hybridized carbons (Fsp3) is 0.125. The van der Waals surface area contributed by atoms with Crippen LogP contribution in [0.5, 0.6) is 0 Å². The predicted octanol–water partition coefficient (Wildman–Crippen LogP) is 2.56. The molecule has 0 atom stereocenters. The number of hydrogen-bond donors (Lipinski definition) is 0. The Morgan fingerprint density at radius 1 is 1.42 bits per heavy atom. The normalized spacial score (nSPS) is 14.6. The van der Waals surface area contributed by atoms with Gasteiger partial charge in [0, 0.05) is 10.0 Å². The van der Waals surface area contributed by atoms with Gasteiger partial charge < -0.3 is 0 Å². The van der Waals surface area contributed by atoms with Gasteiger partial charge in [0.25, 0.3) is 5.91 Å². The molecule has 1 aromatic rings. The molecule has 1 aliphatic heterocycles. The summed E-state index contributed by atoms with van der Waals surface area (Å²) >= 11 is 3.29. The van der Waals surface area contributed by atoms with Gasteiger partial charge in [0.15, 0.2) is 0 Å². The minimum absolute atomic E-state index is 0.252. The maximum absolute atomic E-state index is 11.2. The van der Waals surface area contributed by atoms with Gasteiger partial charge in [-0.05, 0) is 17.7 Å². The Kier molecular flexibility index (Phi) is 1.77. The molecule has 0 bridgehead atoms. The van der Waals surface area contributed by atoms with E-state index in [0.29, 0.717) is 12.1 Å². The molecular formula is C8H5BrN2O. The van der Waals surface area contributed by atoms with Crippen LogP contribution in [0.15, 0.2) is 32.9 Å². The van der Waals surface area contributed by atoms with Crippen LogP contribution in [0.25, 0.3) is 0 Å². The minimum atomic E-state index is -0.252. The number of amides is 1. The molecule has 0 unspecified atom stereocenters. The largest absolute Gasteiger partial charge is 0.295 e. The summed E-state index contributed by atoms with van der Waals surface area (Å²) in [5.74, 6) is -0.252. The van der Waals surface area contributed by atoms with Crippen LogP contribution >= 0.6 is 15.9 Å². The third-order valence-electron chi connectivity index (χ3n) is 1.70. The Morgan fingerprint density at radius 3 is 3.08 bits per heavy atom. The standard InChI is InChI=1S/C8H5BrN2O/c9-6-2-1-5-4-10-11-8(12)7(5)3-6/h1-3H,4H2. The highest BCUT2D eigenvalue weighted by Crippen LogP contribution is 2.21. The number of azo groups is 1. The summed E-state index contributed by atoms with van der Waals surface area (Å²) in [4.78, 5) is 11.2. The smallest absolute Gasteiger partial charge is 0.265 e. The van der Waals surface area contributed by atoms with Crippen molar-refractivity contribution < 1.29 is 4.79 Å². The molecule has 1 aromatic carbocycles. The molecule has 0 aliphatic carbocycles. The molecule has 1 aliphatic rings. The number of nitrogens with zero attached hydrogens (tertiary/aromatic N) is 2. The lowest BCUT2D eigenvalue weighted by Gasteiger charge is -2.07. The molecule has 12 heavy (non-hydrogen) atoms. The van der Waals surface area contributed by atoms with E-state index >= 15 is 0 Å². The maximum atomic E-state index is 11.2. The third kappa shape index (κ3) is 1.18. The lowest BCUT2D eigenvalue weighted by atomic mass is 10.1. The van der Waals surface area contributed by atoms with Gasteiger partial charge >= 0.3 is 0 Å². The van der Waals surface area contributed by atoms with Crippen molar-refractivity contribution in [3.05, 3.63) is 33.8 Å². The first kappa shape index (κ1) is 7.61. The monoisotopic (exact) mass is 224 g/mol. The highest BCUT2D eigenvalue weighted by atomic mass is 79.9. The number of hydrogen-bond acceptors (Lipinski definition) is 2. The molecule has 60 valence electrons. The van der Waals surface area contributed by atoms with Crippen molar-refractivity contribution in [3.63, 3.8) is 0 Å². The van der Waals surface area contributed by atoms with E-state index in [1.165, 1.54) is 0 Å². The van der Waals surface area contributed by atoms with Crippen LogP contribution in [0.1, 0.15) is 15.9 Å². The van der Waals surface area contributed by atoms with E-state index in [-0.39, 0.29) is 5.91 Å². The first-order valence-electron chi connectivity index (χ1n) is 3.47. The van der Waals surface area contributed by atoms with Crippen LogP contribution < -0.4 is 0 Å². The van der Waals surface area contributed by atoms with E-state index in [9.17, 15) is 4.79 Å². The van der Waals surface area contributed by atoms with Crippen molar-refractivity contribution in [2.45, 2.75) is 6.54 Å². The van der Waals surface area contributed by atoms with Gasteiger partial charge in [0.05, 0.1) is 6.54 Å². The van der Waals surface area contributed by atoms with Crippen LogP contribution in [0.4, 0.5) is 0 Å². The summed E-state index contributed by atoms with van der Waals surface area (Å²) in [6, 6.07) is 5.55. The van der Waals surface area contributed by atoms with Gasteiger partial charge in [-0.1, -0.05) is 22.0 Å². The topological polar surface area (TPSA) is 41.8 Å². The molecule has 4 heteroatoms. The van der Waals surface area contributed by atoms with Crippen molar-refractivity contribution in [3.8, 4) is 0 Å². The fourth-order valence-electron chi connectivity index (χ4n) is 1.12. The van der Waals surface area contributed by atoms with E-state index < -0.39 is 0 Å². The van der Waals surface area contributed by atoms with Gasteiger partial charge in [0.1, 0.15) is 0 Å². The van der Waals surface area contributed by atoms with Gasteiger partial charge in [-0.15, -0.1) is 5.11 Å². The predicted molar refractivity (Wildman–Crippen MR) is 47.0 cm³/mol. The zero-order valence-corrected chi connectivity index (χ0v) is 7.71. The van der Waals surface area contributed by atoms with Crippen LogP contribution in [-0.4, -0.2) is 5.91 Å². The van der Waals surface area contributed by atoms with E-state index in [0.717, 1.165) is 10.0 Å². The Labute approximate surface area is 77.6 Å². The molecule has 0 spiro atoms. The Balaban J connectivity index is 2.59. The van der Waals surface area contributed by atoms with Crippen LogP contribution in [0.3, 0.4) is 0 Å². The summed E-state index contributed by atoms with van der Waals surface area (Å²) in [6.45, 7) is 0.508. The Morgan fingerprint density at radius 2 is 2.25 bits per heavy atom. The number of fused-ring (bicyclic) bond motifs is 1. The molecule has 1 amide bonds. The highest BCUT2D eigenvalue weighted by molar-refractivity contribution is 9.10. The minimum Gasteiger partial charge on any atom is -0.265 e. The summed E-state index contributed by atoms with van der Waals surface area (Å²) in [5.41, 5.74) is 1.59. The fourth-order valence-corrected chi connectivity index (χ4v) is 1.48. The summed E-state index contributed by atoms with van der Waals surface area (Å²) in [5, 5.41) is 7.17. The summed E-state index contributed by atoms with van der Waals surface area (Å²) < 4.78 is 0.895. The third-order valence-corrected chi connectivity index (χ3v) is 2.20. The molecule has 1 heterocycles. The highest BCUT2D eigenvalue weighted by Gasteiger charge is 2.14. The van der Waals surface area contributed by atoms with E-state index in [2.05, 4.69) is 26.2 Å². The molecule has 3 nitrogen and oxygen atoms in total. The van der Waals surface area contributed by atoms with Crippen molar-refractivity contribution in [2.24, 2.45) is 10.2 Å². The van der Waals surface area contributed by atoms with Gasteiger partial charge in [-0.2, -0.15) is 5.11 Å². The zero-order chi connectivity index (χ0) is 8.55. The van der Waals surface area contributed by atoms with E-state index in [4.69, 9.17) is 0 Å². The Bertz CT molecular complexity index is 373. The molecule has 0 radical (unpaired) electrons. The van der Waals surface area contributed by atoms with Gasteiger partial charge in [0.2, 0.25) is 0 Å². The molecule has 0 fully saturated rings. The van der Waals surface area contributed by atoms with Crippen molar-refractivity contribution >= 4 is 21.8 Å².